The second-order valence-electron chi connectivity index (χ2n) is 3.90. The summed E-state index contributed by atoms with van der Waals surface area (Å²) < 4.78 is 19.0. The predicted molar refractivity (Wildman–Crippen MR) is 66.9 cm³/mol. The molecule has 0 saturated carbocycles. The zero-order valence-electron chi connectivity index (χ0n) is 9.59. The van der Waals surface area contributed by atoms with Crippen molar-refractivity contribution in [2.75, 3.05) is 13.2 Å². The zero-order chi connectivity index (χ0) is 12.0. The first-order valence-electron chi connectivity index (χ1n) is 5.34. The first-order valence-corrected chi connectivity index (χ1v) is 6.14. The van der Waals surface area contributed by atoms with Crippen molar-refractivity contribution in [3.05, 3.63) is 34.1 Å². The van der Waals surface area contributed by atoms with E-state index in [4.69, 9.17) is 4.74 Å². The van der Waals surface area contributed by atoms with E-state index in [2.05, 4.69) is 35.1 Å². The average Bonchev–Trinajstić information content (AvgIpc) is 2.20. The van der Waals surface area contributed by atoms with Crippen LogP contribution >= 0.6 is 15.9 Å². The summed E-state index contributed by atoms with van der Waals surface area (Å²) >= 11 is 3.30. The highest BCUT2D eigenvalue weighted by Crippen LogP contribution is 2.18. The summed E-state index contributed by atoms with van der Waals surface area (Å²) in [5.74, 6) is -0.239. The Balaban J connectivity index is 2.27. The second kappa shape index (κ2) is 6.99. The van der Waals surface area contributed by atoms with Crippen LogP contribution in [0, 0.1) is 5.82 Å². The topological polar surface area (TPSA) is 21.3 Å². The Morgan fingerprint density at radius 3 is 2.81 bits per heavy atom. The molecule has 16 heavy (non-hydrogen) atoms. The normalized spacial score (nSPS) is 11.1. The molecular weight excluding hydrogens is 273 g/mol. The van der Waals surface area contributed by atoms with E-state index >= 15 is 0 Å². The summed E-state index contributed by atoms with van der Waals surface area (Å²) in [4.78, 5) is 0. The predicted octanol–water partition coefficient (Wildman–Crippen LogP) is 3.10. The van der Waals surface area contributed by atoms with Gasteiger partial charge in [0.1, 0.15) is 5.82 Å². The molecule has 0 unspecified atom stereocenters. The molecule has 0 fully saturated rings. The smallest absolute Gasteiger partial charge is 0.124 e. The van der Waals surface area contributed by atoms with Gasteiger partial charge in [-0.3, -0.25) is 0 Å². The van der Waals surface area contributed by atoms with Gasteiger partial charge in [-0.2, -0.15) is 0 Å². The van der Waals surface area contributed by atoms with Crippen molar-refractivity contribution in [2.24, 2.45) is 0 Å². The third-order valence-electron chi connectivity index (χ3n) is 2.07. The lowest BCUT2D eigenvalue weighted by Gasteiger charge is -2.09. The second-order valence-corrected chi connectivity index (χ2v) is 4.75. The maximum Gasteiger partial charge on any atom is 0.124 e. The van der Waals surface area contributed by atoms with Gasteiger partial charge in [0.15, 0.2) is 0 Å². The molecule has 4 heteroatoms. The fraction of sp³-hybridized carbons (Fsp3) is 0.500. The van der Waals surface area contributed by atoms with E-state index in [1.165, 1.54) is 12.1 Å². The standard InChI is InChI=1S/C12H17BrFNO/c1-9(2)15-5-6-16-8-10-3-4-11(14)7-12(10)13/h3-4,7,9,15H,5-6,8H2,1-2H3. The van der Waals surface area contributed by atoms with Gasteiger partial charge in [0, 0.05) is 17.1 Å². The van der Waals surface area contributed by atoms with Gasteiger partial charge in [-0.15, -0.1) is 0 Å². The van der Waals surface area contributed by atoms with E-state index in [0.717, 1.165) is 16.6 Å². The van der Waals surface area contributed by atoms with Crippen molar-refractivity contribution < 1.29 is 9.13 Å². The van der Waals surface area contributed by atoms with E-state index in [0.29, 0.717) is 19.3 Å². The molecule has 1 aromatic rings. The Kier molecular flexibility index (Phi) is 5.95. The van der Waals surface area contributed by atoms with E-state index in [9.17, 15) is 4.39 Å². The summed E-state index contributed by atoms with van der Waals surface area (Å²) in [6.45, 7) is 6.17. The van der Waals surface area contributed by atoms with Crippen molar-refractivity contribution in [3.63, 3.8) is 0 Å². The molecule has 0 bridgehead atoms. The Labute approximate surface area is 104 Å². The minimum absolute atomic E-state index is 0.239. The molecule has 1 N–H and O–H groups in total. The van der Waals surface area contributed by atoms with Crippen molar-refractivity contribution >= 4 is 15.9 Å². The monoisotopic (exact) mass is 289 g/mol. The number of hydrogen-bond donors (Lipinski definition) is 1. The van der Waals surface area contributed by atoms with Gasteiger partial charge < -0.3 is 10.1 Å². The Hall–Kier alpha value is -0.450. The van der Waals surface area contributed by atoms with E-state index in [1.807, 2.05) is 0 Å². The SMILES string of the molecule is CC(C)NCCOCc1ccc(F)cc1Br. The fourth-order valence-corrected chi connectivity index (χ4v) is 1.71. The van der Waals surface area contributed by atoms with Crippen LogP contribution < -0.4 is 5.32 Å². The first-order chi connectivity index (χ1) is 7.59. The lowest BCUT2D eigenvalue weighted by Crippen LogP contribution is -2.26. The van der Waals surface area contributed by atoms with Crippen molar-refractivity contribution in [3.8, 4) is 0 Å². The van der Waals surface area contributed by atoms with Gasteiger partial charge in [0.25, 0.3) is 0 Å². The quantitative estimate of drug-likeness (QED) is 0.813. The molecule has 1 aromatic carbocycles. The molecular formula is C12H17BrFNO. The zero-order valence-corrected chi connectivity index (χ0v) is 11.2. The van der Waals surface area contributed by atoms with Crippen LogP contribution in [-0.2, 0) is 11.3 Å². The first kappa shape index (κ1) is 13.6. The van der Waals surface area contributed by atoms with E-state index in [-0.39, 0.29) is 5.82 Å². The molecule has 0 aromatic heterocycles. The van der Waals surface area contributed by atoms with Crippen LogP contribution in [-0.4, -0.2) is 19.2 Å². The molecule has 0 aliphatic rings. The molecule has 2 nitrogen and oxygen atoms in total. The molecule has 0 saturated heterocycles. The minimum Gasteiger partial charge on any atom is -0.375 e. The van der Waals surface area contributed by atoms with Crippen molar-refractivity contribution in [1.29, 1.82) is 0 Å². The van der Waals surface area contributed by atoms with Crippen LogP contribution in [0.25, 0.3) is 0 Å². The Morgan fingerprint density at radius 1 is 1.44 bits per heavy atom. The number of rotatable bonds is 6. The molecule has 0 spiro atoms. The number of nitrogens with one attached hydrogen (secondary N) is 1. The highest BCUT2D eigenvalue weighted by molar-refractivity contribution is 9.10. The molecule has 0 heterocycles. The summed E-state index contributed by atoms with van der Waals surface area (Å²) in [6.07, 6.45) is 0. The summed E-state index contributed by atoms with van der Waals surface area (Å²) in [5.41, 5.74) is 0.964. The van der Waals surface area contributed by atoms with Crippen LogP contribution in [0.2, 0.25) is 0 Å². The van der Waals surface area contributed by atoms with Crippen LogP contribution in [0.3, 0.4) is 0 Å². The van der Waals surface area contributed by atoms with E-state index < -0.39 is 0 Å². The molecule has 0 atom stereocenters. The van der Waals surface area contributed by atoms with Gasteiger partial charge in [-0.05, 0) is 17.7 Å². The molecule has 90 valence electrons. The van der Waals surface area contributed by atoms with Gasteiger partial charge in [-0.1, -0.05) is 35.8 Å². The Morgan fingerprint density at radius 2 is 2.19 bits per heavy atom. The molecule has 1 rings (SSSR count). The molecule has 0 amide bonds. The van der Waals surface area contributed by atoms with Gasteiger partial charge in [0.05, 0.1) is 13.2 Å². The number of benzene rings is 1. The van der Waals surface area contributed by atoms with Crippen molar-refractivity contribution in [2.45, 2.75) is 26.5 Å². The highest BCUT2D eigenvalue weighted by atomic mass is 79.9. The summed E-state index contributed by atoms with van der Waals surface area (Å²) in [7, 11) is 0. The largest absolute Gasteiger partial charge is 0.375 e. The fourth-order valence-electron chi connectivity index (χ4n) is 1.24. The van der Waals surface area contributed by atoms with Gasteiger partial charge in [-0.25, -0.2) is 4.39 Å². The van der Waals surface area contributed by atoms with Crippen LogP contribution in [0.5, 0.6) is 0 Å². The van der Waals surface area contributed by atoms with E-state index in [1.54, 1.807) is 6.07 Å². The maximum absolute atomic E-state index is 12.8. The average molecular weight is 290 g/mol. The third kappa shape index (κ3) is 5.05. The van der Waals surface area contributed by atoms with Crippen molar-refractivity contribution in [1.82, 2.24) is 5.32 Å². The number of hydrogen-bond acceptors (Lipinski definition) is 2. The third-order valence-corrected chi connectivity index (χ3v) is 2.81. The lowest BCUT2D eigenvalue weighted by atomic mass is 10.2. The molecule has 0 aliphatic carbocycles. The van der Waals surface area contributed by atoms with Gasteiger partial charge >= 0.3 is 0 Å². The number of halogens is 2. The summed E-state index contributed by atoms with van der Waals surface area (Å²) in [6, 6.07) is 5.09. The molecule has 0 aliphatic heterocycles. The van der Waals surface area contributed by atoms with Crippen LogP contribution in [0.15, 0.2) is 22.7 Å². The highest BCUT2D eigenvalue weighted by Gasteiger charge is 2.01. The lowest BCUT2D eigenvalue weighted by molar-refractivity contribution is 0.121. The van der Waals surface area contributed by atoms with Crippen LogP contribution in [0.4, 0.5) is 4.39 Å². The Bertz CT molecular complexity index is 331. The van der Waals surface area contributed by atoms with Gasteiger partial charge in [0.2, 0.25) is 0 Å². The maximum atomic E-state index is 12.8. The minimum atomic E-state index is -0.239. The molecule has 0 radical (unpaired) electrons. The summed E-state index contributed by atoms with van der Waals surface area (Å²) in [5, 5.41) is 3.26. The van der Waals surface area contributed by atoms with Crippen LogP contribution in [0.1, 0.15) is 19.4 Å². The number of ether oxygens (including phenoxy) is 1.